The Morgan fingerprint density at radius 1 is 1.14 bits per heavy atom. The topological polar surface area (TPSA) is 37.4 Å². The van der Waals surface area contributed by atoms with Crippen molar-refractivity contribution in [1.82, 2.24) is 4.31 Å². The molecule has 1 rings (SSSR count). The summed E-state index contributed by atoms with van der Waals surface area (Å²) in [4.78, 5) is 0. The highest BCUT2D eigenvalue weighted by Crippen LogP contribution is 2.14. The van der Waals surface area contributed by atoms with E-state index in [-0.39, 0.29) is 0 Å². The van der Waals surface area contributed by atoms with Crippen molar-refractivity contribution < 1.29 is 8.42 Å². The van der Waals surface area contributed by atoms with Gasteiger partial charge in [0.1, 0.15) is 0 Å². The van der Waals surface area contributed by atoms with Crippen molar-refractivity contribution in [2.45, 2.75) is 32.1 Å². The van der Waals surface area contributed by atoms with E-state index >= 15 is 0 Å². The van der Waals surface area contributed by atoms with Gasteiger partial charge in [-0.15, -0.1) is 11.6 Å². The molecule has 0 radical (unpaired) electrons. The first-order valence-corrected chi connectivity index (χ1v) is 7.35. The molecule has 0 aliphatic carbocycles. The molecule has 0 unspecified atom stereocenters. The molecule has 1 saturated heterocycles. The minimum absolute atomic E-state index is 0.342. The molecule has 14 heavy (non-hydrogen) atoms. The molecule has 0 bridgehead atoms. The van der Waals surface area contributed by atoms with Crippen molar-refractivity contribution in [2.24, 2.45) is 0 Å². The van der Waals surface area contributed by atoms with Gasteiger partial charge in [-0.3, -0.25) is 0 Å². The van der Waals surface area contributed by atoms with E-state index in [1.807, 2.05) is 0 Å². The van der Waals surface area contributed by atoms with Crippen molar-refractivity contribution in [2.75, 3.05) is 24.7 Å². The molecule has 0 N–H and O–H groups in total. The van der Waals surface area contributed by atoms with Crippen molar-refractivity contribution in [1.29, 1.82) is 0 Å². The normalized spacial score (nSPS) is 21.5. The van der Waals surface area contributed by atoms with Crippen molar-refractivity contribution in [3.8, 4) is 0 Å². The van der Waals surface area contributed by atoms with Crippen LogP contribution in [0.3, 0.4) is 0 Å². The average molecular weight is 240 g/mol. The lowest BCUT2D eigenvalue weighted by Gasteiger charge is -2.13. The van der Waals surface area contributed by atoms with Gasteiger partial charge in [-0.25, -0.2) is 12.7 Å². The number of alkyl halides is 1. The molecule has 0 aromatic rings. The minimum Gasteiger partial charge on any atom is -0.212 e. The van der Waals surface area contributed by atoms with Crippen LogP contribution in [-0.4, -0.2) is 37.4 Å². The van der Waals surface area contributed by atoms with Gasteiger partial charge in [0.15, 0.2) is 0 Å². The number of nitrogens with zero attached hydrogens (tertiary/aromatic N) is 1. The molecule has 0 aromatic heterocycles. The number of sulfonamides is 1. The van der Waals surface area contributed by atoms with E-state index in [9.17, 15) is 8.42 Å². The lowest BCUT2D eigenvalue weighted by atomic mass is 10.2. The number of hydrogen-bond acceptors (Lipinski definition) is 2. The molecule has 1 heterocycles. The van der Waals surface area contributed by atoms with E-state index in [1.165, 1.54) is 0 Å². The Hall–Kier alpha value is 0.200. The molecule has 1 aliphatic heterocycles. The van der Waals surface area contributed by atoms with Crippen LogP contribution >= 0.6 is 11.6 Å². The Balaban J connectivity index is 2.13. The second-order valence-electron chi connectivity index (χ2n) is 3.67. The summed E-state index contributed by atoms with van der Waals surface area (Å²) in [5.41, 5.74) is 0. The van der Waals surface area contributed by atoms with Gasteiger partial charge in [0.2, 0.25) is 10.0 Å². The van der Waals surface area contributed by atoms with Crippen LogP contribution in [0.5, 0.6) is 0 Å². The van der Waals surface area contributed by atoms with Crippen LogP contribution < -0.4 is 0 Å². The zero-order valence-electron chi connectivity index (χ0n) is 8.41. The maximum atomic E-state index is 11.4. The second-order valence-corrected chi connectivity index (χ2v) is 6.14. The van der Waals surface area contributed by atoms with Crippen molar-refractivity contribution >= 4 is 21.6 Å². The summed E-state index contributed by atoms with van der Waals surface area (Å²) < 4.78 is 24.4. The van der Waals surface area contributed by atoms with E-state index in [2.05, 4.69) is 0 Å². The van der Waals surface area contributed by atoms with Gasteiger partial charge in [0, 0.05) is 19.0 Å². The highest BCUT2D eigenvalue weighted by molar-refractivity contribution is 7.89. The molecular weight excluding hydrogens is 222 g/mol. The Bertz CT molecular complexity index is 254. The predicted octanol–water partition coefficient (Wildman–Crippen LogP) is 1.82. The summed E-state index contributed by atoms with van der Waals surface area (Å²) in [7, 11) is -2.87. The zero-order chi connectivity index (χ0) is 10.4. The summed E-state index contributed by atoms with van der Waals surface area (Å²) in [6.07, 6.45) is 4.99. The van der Waals surface area contributed by atoms with Gasteiger partial charge in [-0.05, 0) is 19.3 Å². The van der Waals surface area contributed by atoms with Crippen LogP contribution in [0.2, 0.25) is 0 Å². The van der Waals surface area contributed by atoms with Gasteiger partial charge in [-0.2, -0.15) is 0 Å². The lowest BCUT2D eigenvalue weighted by molar-refractivity contribution is 0.426. The third kappa shape index (κ3) is 3.75. The third-order valence-electron chi connectivity index (χ3n) is 2.49. The van der Waals surface area contributed by atoms with Crippen LogP contribution in [0, 0.1) is 0 Å². The molecule has 0 spiro atoms. The van der Waals surface area contributed by atoms with Crippen LogP contribution in [0.15, 0.2) is 0 Å². The SMILES string of the molecule is O=S1(=O)CCCN1CCCCCCCl. The van der Waals surface area contributed by atoms with E-state index in [0.29, 0.717) is 18.2 Å². The van der Waals surface area contributed by atoms with Gasteiger partial charge >= 0.3 is 0 Å². The molecule has 84 valence electrons. The summed E-state index contributed by atoms with van der Waals surface area (Å²) in [6, 6.07) is 0. The number of unbranched alkanes of at least 4 members (excludes halogenated alkanes) is 3. The summed E-state index contributed by atoms with van der Waals surface area (Å²) in [5.74, 6) is 1.05. The van der Waals surface area contributed by atoms with Crippen LogP contribution in [-0.2, 0) is 10.0 Å². The maximum absolute atomic E-state index is 11.4. The van der Waals surface area contributed by atoms with E-state index in [1.54, 1.807) is 4.31 Å². The van der Waals surface area contributed by atoms with Gasteiger partial charge in [-0.1, -0.05) is 12.8 Å². The molecule has 0 atom stereocenters. The van der Waals surface area contributed by atoms with E-state index < -0.39 is 10.0 Å². The fourth-order valence-electron chi connectivity index (χ4n) is 1.68. The van der Waals surface area contributed by atoms with Crippen molar-refractivity contribution in [3.05, 3.63) is 0 Å². The molecule has 0 aromatic carbocycles. The third-order valence-corrected chi connectivity index (χ3v) is 4.72. The van der Waals surface area contributed by atoms with Crippen LogP contribution in [0.4, 0.5) is 0 Å². The summed E-state index contributed by atoms with van der Waals surface area (Å²) >= 11 is 5.55. The lowest BCUT2D eigenvalue weighted by Crippen LogP contribution is -2.26. The van der Waals surface area contributed by atoms with E-state index in [0.717, 1.165) is 38.6 Å². The summed E-state index contributed by atoms with van der Waals surface area (Å²) in [6.45, 7) is 1.42. The van der Waals surface area contributed by atoms with E-state index in [4.69, 9.17) is 11.6 Å². The molecule has 5 heteroatoms. The number of halogens is 1. The van der Waals surface area contributed by atoms with Crippen molar-refractivity contribution in [3.63, 3.8) is 0 Å². The first-order chi connectivity index (χ1) is 6.67. The molecule has 1 aliphatic rings. The minimum atomic E-state index is -2.87. The highest BCUT2D eigenvalue weighted by atomic mass is 35.5. The number of hydrogen-bond donors (Lipinski definition) is 0. The van der Waals surface area contributed by atoms with Gasteiger partial charge in [0.05, 0.1) is 5.75 Å². The quantitative estimate of drug-likeness (QED) is 0.524. The Kier molecular flexibility index (Phi) is 5.20. The molecule has 0 saturated carbocycles. The Morgan fingerprint density at radius 2 is 1.86 bits per heavy atom. The predicted molar refractivity (Wildman–Crippen MR) is 59.2 cm³/mol. The van der Waals surface area contributed by atoms with Crippen LogP contribution in [0.25, 0.3) is 0 Å². The molecule has 1 fully saturated rings. The molecule has 3 nitrogen and oxygen atoms in total. The van der Waals surface area contributed by atoms with Crippen LogP contribution in [0.1, 0.15) is 32.1 Å². The molecular formula is C9H18ClNO2S. The Labute approximate surface area is 91.5 Å². The molecule has 0 amide bonds. The fraction of sp³-hybridized carbons (Fsp3) is 1.00. The second kappa shape index (κ2) is 5.93. The van der Waals surface area contributed by atoms with Gasteiger partial charge < -0.3 is 0 Å². The standard InChI is InChI=1S/C9H18ClNO2S/c10-6-3-1-2-4-7-11-8-5-9-14(11,12)13/h1-9H2. The smallest absolute Gasteiger partial charge is 0.212 e. The highest BCUT2D eigenvalue weighted by Gasteiger charge is 2.26. The number of rotatable bonds is 6. The largest absolute Gasteiger partial charge is 0.214 e. The summed E-state index contributed by atoms with van der Waals surface area (Å²) in [5, 5.41) is 0. The maximum Gasteiger partial charge on any atom is 0.214 e. The first-order valence-electron chi connectivity index (χ1n) is 5.20. The average Bonchev–Trinajstić information content (AvgIpc) is 2.45. The first kappa shape index (κ1) is 12.3. The monoisotopic (exact) mass is 239 g/mol. The van der Waals surface area contributed by atoms with Gasteiger partial charge in [0.25, 0.3) is 0 Å². The zero-order valence-corrected chi connectivity index (χ0v) is 9.99. The fourth-order valence-corrected chi connectivity index (χ4v) is 3.43. The Morgan fingerprint density at radius 3 is 2.43 bits per heavy atom.